The number of halogens is 1. The van der Waals surface area contributed by atoms with Gasteiger partial charge in [0.15, 0.2) is 5.76 Å². The predicted molar refractivity (Wildman–Crippen MR) is 109 cm³/mol. The van der Waals surface area contributed by atoms with Gasteiger partial charge < -0.3 is 18.2 Å². The standard InChI is InChI=1S/C21H15FN6O4/c1-11-3-6-15(31-11)20-25-19(26-32-20)16-18-21(29)27(7-8-30-2)17-12(9-23)13(22)4-5-14(17)28(18)10-24-16/h3-6,10H,7-8H2,1-2H3. The molecule has 1 aromatic carbocycles. The van der Waals surface area contributed by atoms with Crippen LogP contribution in [-0.4, -0.2) is 37.8 Å². The second-order valence-electron chi connectivity index (χ2n) is 7.00. The molecule has 0 spiro atoms. The second-order valence-corrected chi connectivity index (χ2v) is 7.00. The van der Waals surface area contributed by atoms with Crippen LogP contribution in [0.15, 0.2) is 44.3 Å². The summed E-state index contributed by atoms with van der Waals surface area (Å²) < 4.78 is 33.0. The van der Waals surface area contributed by atoms with Gasteiger partial charge >= 0.3 is 0 Å². The van der Waals surface area contributed by atoms with Crippen molar-refractivity contribution in [3.05, 3.63) is 58.1 Å². The fraction of sp³-hybridized carbons (Fsp3) is 0.190. The maximum atomic E-state index is 14.4. The summed E-state index contributed by atoms with van der Waals surface area (Å²) in [6, 6.07) is 7.97. The van der Waals surface area contributed by atoms with Gasteiger partial charge in [0.25, 0.3) is 11.4 Å². The maximum absolute atomic E-state index is 14.4. The van der Waals surface area contributed by atoms with E-state index in [1.54, 1.807) is 19.1 Å². The molecule has 0 saturated heterocycles. The molecule has 0 atom stereocenters. The minimum Gasteiger partial charge on any atom is -0.456 e. The Kier molecular flexibility index (Phi) is 4.57. The zero-order valence-corrected chi connectivity index (χ0v) is 17.0. The van der Waals surface area contributed by atoms with Gasteiger partial charge in [0.2, 0.25) is 5.82 Å². The molecule has 0 saturated carbocycles. The van der Waals surface area contributed by atoms with Crippen molar-refractivity contribution >= 4 is 16.6 Å². The Balaban J connectivity index is 1.79. The van der Waals surface area contributed by atoms with Crippen LogP contribution in [-0.2, 0) is 11.3 Å². The molecule has 32 heavy (non-hydrogen) atoms. The number of methoxy groups -OCH3 is 1. The minimum absolute atomic E-state index is 0.0916. The summed E-state index contributed by atoms with van der Waals surface area (Å²) in [6.07, 6.45) is 1.40. The van der Waals surface area contributed by atoms with Crippen LogP contribution in [0.1, 0.15) is 11.3 Å². The van der Waals surface area contributed by atoms with Crippen LogP contribution in [0.2, 0.25) is 0 Å². The van der Waals surface area contributed by atoms with E-state index in [2.05, 4.69) is 15.1 Å². The van der Waals surface area contributed by atoms with Crippen LogP contribution in [0.3, 0.4) is 0 Å². The van der Waals surface area contributed by atoms with Crippen LogP contribution in [0.25, 0.3) is 39.7 Å². The monoisotopic (exact) mass is 434 g/mol. The van der Waals surface area contributed by atoms with Crippen molar-refractivity contribution in [2.24, 2.45) is 0 Å². The number of hydrogen-bond donors (Lipinski definition) is 0. The van der Waals surface area contributed by atoms with Crippen molar-refractivity contribution in [1.29, 1.82) is 5.26 Å². The Bertz CT molecular complexity index is 1590. The number of benzene rings is 1. The summed E-state index contributed by atoms with van der Waals surface area (Å²) in [4.78, 5) is 22.1. The Morgan fingerprint density at radius 2 is 2.09 bits per heavy atom. The van der Waals surface area contributed by atoms with E-state index in [4.69, 9.17) is 13.7 Å². The maximum Gasteiger partial charge on any atom is 0.293 e. The number of nitriles is 1. The molecule has 0 radical (unpaired) electrons. The fourth-order valence-electron chi connectivity index (χ4n) is 3.62. The number of furan rings is 1. The first kappa shape index (κ1) is 19.7. The lowest BCUT2D eigenvalue weighted by Crippen LogP contribution is -2.25. The number of imidazole rings is 1. The molecule has 160 valence electrons. The van der Waals surface area contributed by atoms with Crippen LogP contribution in [0.5, 0.6) is 0 Å². The van der Waals surface area contributed by atoms with Crippen molar-refractivity contribution in [3.63, 3.8) is 0 Å². The Morgan fingerprint density at radius 1 is 1.25 bits per heavy atom. The van der Waals surface area contributed by atoms with Crippen molar-refractivity contribution in [2.45, 2.75) is 13.5 Å². The first-order chi connectivity index (χ1) is 15.5. The van der Waals surface area contributed by atoms with Crippen LogP contribution in [0, 0.1) is 24.1 Å². The summed E-state index contributed by atoms with van der Waals surface area (Å²) in [5, 5.41) is 13.5. The third-order valence-electron chi connectivity index (χ3n) is 5.07. The van der Waals surface area contributed by atoms with E-state index in [-0.39, 0.29) is 47.2 Å². The lowest BCUT2D eigenvalue weighted by molar-refractivity contribution is 0.187. The highest BCUT2D eigenvalue weighted by Crippen LogP contribution is 2.27. The molecular formula is C21H15FN6O4. The number of rotatable bonds is 5. The van der Waals surface area contributed by atoms with E-state index in [9.17, 15) is 14.4 Å². The highest BCUT2D eigenvalue weighted by Gasteiger charge is 2.23. The molecule has 5 rings (SSSR count). The van der Waals surface area contributed by atoms with Crippen LogP contribution in [0.4, 0.5) is 4.39 Å². The average molecular weight is 434 g/mol. The van der Waals surface area contributed by atoms with Gasteiger partial charge in [-0.25, -0.2) is 9.37 Å². The Morgan fingerprint density at radius 3 is 2.81 bits per heavy atom. The molecule has 4 heterocycles. The average Bonchev–Trinajstić information content (AvgIpc) is 3.52. The summed E-state index contributed by atoms with van der Waals surface area (Å²) in [5.41, 5.74) is 0.201. The number of ether oxygens (including phenoxy) is 1. The minimum atomic E-state index is -0.721. The van der Waals surface area contributed by atoms with E-state index in [1.807, 2.05) is 6.07 Å². The molecule has 0 unspecified atom stereocenters. The number of aromatic nitrogens is 5. The molecule has 10 nitrogen and oxygen atoms in total. The number of fused-ring (bicyclic) bond motifs is 3. The Hall–Kier alpha value is -4.30. The molecule has 0 N–H and O–H groups in total. The first-order valence-corrected chi connectivity index (χ1v) is 9.55. The lowest BCUT2D eigenvalue weighted by Gasteiger charge is -2.13. The van der Waals surface area contributed by atoms with Gasteiger partial charge in [-0.15, -0.1) is 0 Å². The fourth-order valence-corrected chi connectivity index (χ4v) is 3.62. The zero-order chi connectivity index (χ0) is 22.4. The predicted octanol–water partition coefficient (Wildman–Crippen LogP) is 2.92. The highest BCUT2D eigenvalue weighted by molar-refractivity contribution is 5.87. The molecule has 0 aliphatic heterocycles. The first-order valence-electron chi connectivity index (χ1n) is 9.55. The SMILES string of the molecule is COCCn1c(=O)c2c(-c3noc(-c4ccc(C)o4)n3)ncn2c2ccc(F)c(C#N)c21. The smallest absolute Gasteiger partial charge is 0.293 e. The largest absolute Gasteiger partial charge is 0.456 e. The van der Waals surface area contributed by atoms with Gasteiger partial charge in [0.1, 0.15) is 40.7 Å². The van der Waals surface area contributed by atoms with Gasteiger partial charge in [-0.3, -0.25) is 9.20 Å². The van der Waals surface area contributed by atoms with Gasteiger partial charge in [0.05, 0.1) is 17.6 Å². The summed E-state index contributed by atoms with van der Waals surface area (Å²) in [5.74, 6) is 0.585. The number of hydrogen-bond acceptors (Lipinski definition) is 8. The zero-order valence-electron chi connectivity index (χ0n) is 17.0. The van der Waals surface area contributed by atoms with Gasteiger partial charge in [-0.1, -0.05) is 5.16 Å². The van der Waals surface area contributed by atoms with Crippen molar-refractivity contribution in [2.75, 3.05) is 13.7 Å². The van der Waals surface area contributed by atoms with E-state index < -0.39 is 11.4 Å². The van der Waals surface area contributed by atoms with Crippen LogP contribution < -0.4 is 5.56 Å². The molecule has 0 fully saturated rings. The van der Waals surface area contributed by atoms with Gasteiger partial charge in [-0.05, 0) is 31.2 Å². The van der Waals surface area contributed by atoms with Gasteiger partial charge in [-0.2, -0.15) is 10.2 Å². The second kappa shape index (κ2) is 7.44. The lowest BCUT2D eigenvalue weighted by atomic mass is 10.1. The molecule has 0 aliphatic rings. The molecule has 0 amide bonds. The molecule has 0 bridgehead atoms. The number of nitrogens with zero attached hydrogens (tertiary/aromatic N) is 6. The molecule has 11 heteroatoms. The third kappa shape index (κ3) is 2.89. The van der Waals surface area contributed by atoms with E-state index in [0.717, 1.165) is 0 Å². The highest BCUT2D eigenvalue weighted by atomic mass is 19.1. The quantitative estimate of drug-likeness (QED) is 0.413. The molecular weight excluding hydrogens is 419 g/mol. The molecule has 0 aliphatic carbocycles. The topological polar surface area (TPSA) is 124 Å². The molecule has 5 aromatic rings. The third-order valence-corrected chi connectivity index (χ3v) is 5.07. The summed E-state index contributed by atoms with van der Waals surface area (Å²) in [6.45, 7) is 2.07. The van der Waals surface area contributed by atoms with E-state index >= 15 is 0 Å². The van der Waals surface area contributed by atoms with E-state index in [0.29, 0.717) is 17.0 Å². The van der Waals surface area contributed by atoms with Crippen molar-refractivity contribution in [3.8, 4) is 29.2 Å². The van der Waals surface area contributed by atoms with Crippen LogP contribution >= 0.6 is 0 Å². The Labute approximate surface area is 179 Å². The van der Waals surface area contributed by atoms with Crippen molar-refractivity contribution in [1.82, 2.24) is 24.1 Å². The van der Waals surface area contributed by atoms with E-state index in [1.165, 1.54) is 34.5 Å². The van der Waals surface area contributed by atoms with Gasteiger partial charge in [0, 0.05) is 13.7 Å². The summed E-state index contributed by atoms with van der Waals surface area (Å²) >= 11 is 0. The molecule has 4 aromatic heterocycles. The van der Waals surface area contributed by atoms with Crippen molar-refractivity contribution < 1.29 is 18.1 Å². The summed E-state index contributed by atoms with van der Waals surface area (Å²) in [7, 11) is 1.49. The normalized spacial score (nSPS) is 11.4. The number of aryl methyl sites for hydroxylation is 1.